The predicted octanol–water partition coefficient (Wildman–Crippen LogP) is 5.28. The van der Waals surface area contributed by atoms with E-state index in [9.17, 15) is 9.59 Å². The number of methoxy groups -OCH3 is 1. The zero-order valence-corrected chi connectivity index (χ0v) is 16.0. The van der Waals surface area contributed by atoms with Crippen molar-refractivity contribution in [1.29, 1.82) is 0 Å². The Balaban J connectivity index is 1.78. The number of carbonyl (C=O) groups is 2. The maximum Gasteiger partial charge on any atom is 0.337 e. The Hall–Kier alpha value is -2.53. The average molecular weight is 387 g/mol. The van der Waals surface area contributed by atoms with Gasteiger partial charge in [-0.25, -0.2) is 9.59 Å². The SMILES string of the molecule is COC(=O)c1ccc(NC(=O)N2CCCCC[C@H]2c2ccccc2Cl)cc1. The highest BCUT2D eigenvalue weighted by Gasteiger charge is 2.28. The number of nitrogens with one attached hydrogen (secondary N) is 1. The zero-order valence-electron chi connectivity index (χ0n) is 15.3. The summed E-state index contributed by atoms with van der Waals surface area (Å²) in [7, 11) is 1.34. The third kappa shape index (κ3) is 4.61. The van der Waals surface area contributed by atoms with Crippen molar-refractivity contribution in [2.45, 2.75) is 31.7 Å². The lowest BCUT2D eigenvalue weighted by molar-refractivity contribution is 0.0600. The molecule has 0 saturated carbocycles. The van der Waals surface area contributed by atoms with Gasteiger partial charge in [-0.05, 0) is 48.7 Å². The molecule has 0 spiro atoms. The number of hydrogen-bond donors (Lipinski definition) is 1. The number of nitrogens with zero attached hydrogens (tertiary/aromatic N) is 1. The predicted molar refractivity (Wildman–Crippen MR) is 106 cm³/mol. The molecule has 142 valence electrons. The molecule has 1 aliphatic heterocycles. The molecule has 1 aliphatic rings. The molecule has 0 aliphatic carbocycles. The zero-order chi connectivity index (χ0) is 19.2. The van der Waals surface area contributed by atoms with Crippen LogP contribution in [0.1, 0.15) is 47.6 Å². The number of carbonyl (C=O) groups excluding carboxylic acids is 2. The van der Waals surface area contributed by atoms with Gasteiger partial charge in [-0.2, -0.15) is 0 Å². The van der Waals surface area contributed by atoms with Crippen molar-refractivity contribution >= 4 is 29.3 Å². The van der Waals surface area contributed by atoms with Gasteiger partial charge in [-0.3, -0.25) is 0 Å². The standard InChI is InChI=1S/C21H23ClN2O3/c1-27-20(25)15-10-12-16(13-11-15)23-21(26)24-14-6-2-3-9-19(24)17-7-4-5-8-18(17)22/h4-5,7-8,10-13,19H,2-3,6,9,14H2,1H3,(H,23,26)/t19-/m0/s1. The van der Waals surface area contributed by atoms with E-state index in [1.807, 2.05) is 29.2 Å². The summed E-state index contributed by atoms with van der Waals surface area (Å²) in [6, 6.07) is 14.2. The number of hydrogen-bond acceptors (Lipinski definition) is 3. The van der Waals surface area contributed by atoms with Crippen molar-refractivity contribution in [2.24, 2.45) is 0 Å². The molecule has 1 saturated heterocycles. The Morgan fingerprint density at radius 2 is 1.81 bits per heavy atom. The Labute approximate surface area is 164 Å². The summed E-state index contributed by atoms with van der Waals surface area (Å²) in [4.78, 5) is 26.4. The van der Waals surface area contributed by atoms with Crippen LogP contribution in [0.4, 0.5) is 10.5 Å². The number of esters is 1. The molecular formula is C21H23ClN2O3. The smallest absolute Gasteiger partial charge is 0.337 e. The molecule has 6 heteroatoms. The molecule has 1 atom stereocenters. The van der Waals surface area contributed by atoms with Gasteiger partial charge in [0.1, 0.15) is 0 Å². The Morgan fingerprint density at radius 1 is 1.07 bits per heavy atom. The van der Waals surface area contributed by atoms with Gasteiger partial charge in [0.25, 0.3) is 0 Å². The van der Waals surface area contributed by atoms with Gasteiger partial charge in [0, 0.05) is 17.3 Å². The van der Waals surface area contributed by atoms with E-state index < -0.39 is 5.97 Å². The molecule has 5 nitrogen and oxygen atoms in total. The lowest BCUT2D eigenvalue weighted by Gasteiger charge is -2.31. The van der Waals surface area contributed by atoms with Gasteiger partial charge in [0.05, 0.1) is 18.7 Å². The Bertz CT molecular complexity index is 807. The fraction of sp³-hybridized carbons (Fsp3) is 0.333. The first-order valence-corrected chi connectivity index (χ1v) is 9.48. The van der Waals surface area contributed by atoms with E-state index in [1.54, 1.807) is 24.3 Å². The third-order valence-corrected chi connectivity index (χ3v) is 5.18. The molecule has 0 bridgehead atoms. The minimum absolute atomic E-state index is 0.0458. The summed E-state index contributed by atoms with van der Waals surface area (Å²) in [5.74, 6) is -0.404. The van der Waals surface area contributed by atoms with E-state index >= 15 is 0 Å². The molecule has 0 radical (unpaired) electrons. The van der Waals surface area contributed by atoms with Crippen molar-refractivity contribution < 1.29 is 14.3 Å². The quantitative estimate of drug-likeness (QED) is 0.730. The van der Waals surface area contributed by atoms with Crippen LogP contribution in [-0.2, 0) is 4.74 Å². The van der Waals surface area contributed by atoms with E-state index in [-0.39, 0.29) is 12.1 Å². The van der Waals surface area contributed by atoms with Crippen molar-refractivity contribution in [3.8, 4) is 0 Å². The molecule has 2 amide bonds. The largest absolute Gasteiger partial charge is 0.465 e. The number of rotatable bonds is 3. The molecule has 1 N–H and O–H groups in total. The monoisotopic (exact) mass is 386 g/mol. The van der Waals surface area contributed by atoms with Crippen LogP contribution in [0.2, 0.25) is 5.02 Å². The summed E-state index contributed by atoms with van der Waals surface area (Å²) < 4.78 is 4.69. The second-order valence-electron chi connectivity index (χ2n) is 6.58. The molecule has 3 rings (SSSR count). The van der Waals surface area contributed by atoms with Gasteiger partial charge in [-0.15, -0.1) is 0 Å². The summed E-state index contributed by atoms with van der Waals surface area (Å²) in [5.41, 5.74) is 2.06. The number of ether oxygens (including phenoxy) is 1. The number of likely N-dealkylation sites (tertiary alicyclic amines) is 1. The number of anilines is 1. The van der Waals surface area contributed by atoms with Crippen LogP contribution in [-0.4, -0.2) is 30.6 Å². The van der Waals surface area contributed by atoms with E-state index in [2.05, 4.69) is 5.32 Å². The molecule has 1 fully saturated rings. The summed E-state index contributed by atoms with van der Waals surface area (Å²) in [6.45, 7) is 0.683. The number of urea groups is 1. The first-order chi connectivity index (χ1) is 13.1. The van der Waals surface area contributed by atoms with Crippen molar-refractivity contribution in [1.82, 2.24) is 4.90 Å². The maximum absolute atomic E-state index is 13.0. The second-order valence-corrected chi connectivity index (χ2v) is 6.99. The molecule has 27 heavy (non-hydrogen) atoms. The topological polar surface area (TPSA) is 58.6 Å². The minimum atomic E-state index is -0.404. The van der Waals surface area contributed by atoms with Gasteiger partial charge >= 0.3 is 12.0 Å². The summed E-state index contributed by atoms with van der Waals surface area (Å²) in [5, 5.41) is 3.62. The first kappa shape index (κ1) is 19.2. The lowest BCUT2D eigenvalue weighted by atomic mass is 10.0. The summed E-state index contributed by atoms with van der Waals surface area (Å²) >= 11 is 6.40. The normalized spacial score (nSPS) is 17.1. The van der Waals surface area contributed by atoms with E-state index in [0.29, 0.717) is 22.8 Å². The number of amides is 2. The molecule has 1 heterocycles. The van der Waals surface area contributed by atoms with E-state index in [0.717, 1.165) is 31.2 Å². The first-order valence-electron chi connectivity index (χ1n) is 9.10. The van der Waals surface area contributed by atoms with Gasteiger partial charge in [0.2, 0.25) is 0 Å². The fourth-order valence-electron chi connectivity index (χ4n) is 3.42. The van der Waals surface area contributed by atoms with Gasteiger partial charge in [0.15, 0.2) is 0 Å². The van der Waals surface area contributed by atoms with Crippen LogP contribution < -0.4 is 5.32 Å². The lowest BCUT2D eigenvalue weighted by Crippen LogP contribution is -2.38. The van der Waals surface area contributed by atoms with E-state index in [1.165, 1.54) is 7.11 Å². The van der Waals surface area contributed by atoms with Crippen LogP contribution in [0.25, 0.3) is 0 Å². The third-order valence-electron chi connectivity index (χ3n) is 4.84. The Kier molecular flexibility index (Phi) is 6.35. The van der Waals surface area contributed by atoms with Gasteiger partial charge < -0.3 is 15.0 Å². The van der Waals surface area contributed by atoms with Crippen LogP contribution >= 0.6 is 11.6 Å². The summed E-state index contributed by atoms with van der Waals surface area (Å²) in [6.07, 6.45) is 4.01. The van der Waals surface area contributed by atoms with Crippen LogP contribution in [0.3, 0.4) is 0 Å². The number of halogens is 1. The van der Waals surface area contributed by atoms with Crippen molar-refractivity contribution in [3.05, 3.63) is 64.7 Å². The minimum Gasteiger partial charge on any atom is -0.465 e. The molecule has 2 aromatic rings. The van der Waals surface area contributed by atoms with Crippen molar-refractivity contribution in [3.63, 3.8) is 0 Å². The highest BCUT2D eigenvalue weighted by molar-refractivity contribution is 6.31. The average Bonchev–Trinajstić information content (AvgIpc) is 2.94. The van der Waals surface area contributed by atoms with Crippen LogP contribution in [0, 0.1) is 0 Å². The molecule has 2 aromatic carbocycles. The number of benzene rings is 2. The van der Waals surface area contributed by atoms with Gasteiger partial charge in [-0.1, -0.05) is 42.6 Å². The highest BCUT2D eigenvalue weighted by Crippen LogP contribution is 2.34. The highest BCUT2D eigenvalue weighted by atomic mass is 35.5. The van der Waals surface area contributed by atoms with E-state index in [4.69, 9.17) is 16.3 Å². The van der Waals surface area contributed by atoms with Crippen LogP contribution in [0.15, 0.2) is 48.5 Å². The van der Waals surface area contributed by atoms with Crippen LogP contribution in [0.5, 0.6) is 0 Å². The van der Waals surface area contributed by atoms with Crippen molar-refractivity contribution in [2.75, 3.05) is 19.0 Å². The fourth-order valence-corrected chi connectivity index (χ4v) is 3.68. The molecule has 0 aromatic heterocycles. The molecular weight excluding hydrogens is 364 g/mol. The molecule has 0 unspecified atom stereocenters. The Morgan fingerprint density at radius 3 is 2.52 bits per heavy atom. The maximum atomic E-state index is 13.0. The second kappa shape index (κ2) is 8.91.